The molecule has 0 radical (unpaired) electrons. The summed E-state index contributed by atoms with van der Waals surface area (Å²) in [7, 11) is 3.93. The molecule has 0 bridgehead atoms. The van der Waals surface area contributed by atoms with E-state index in [0.29, 0.717) is 5.92 Å². The highest BCUT2D eigenvalue weighted by molar-refractivity contribution is 5.88. The van der Waals surface area contributed by atoms with Crippen molar-refractivity contribution in [1.82, 2.24) is 14.4 Å². The molecule has 4 aliphatic heterocycles. The number of hydrogen-bond donors (Lipinski definition) is 1. The van der Waals surface area contributed by atoms with E-state index in [0.717, 1.165) is 77.1 Å². The maximum absolute atomic E-state index is 10.8. The monoisotopic (exact) mass is 511 g/mol. The van der Waals surface area contributed by atoms with Gasteiger partial charge >= 0.3 is 0 Å². The van der Waals surface area contributed by atoms with E-state index >= 15 is 0 Å². The molecule has 7 nitrogen and oxygen atoms in total. The lowest BCUT2D eigenvalue weighted by atomic mass is 9.68. The van der Waals surface area contributed by atoms with E-state index in [9.17, 15) is 5.11 Å². The fourth-order valence-electron chi connectivity index (χ4n) is 7.78. The second kappa shape index (κ2) is 10.9. The molecule has 6 rings (SSSR count). The highest BCUT2D eigenvalue weighted by Crippen LogP contribution is 2.50. The van der Waals surface area contributed by atoms with Crippen LogP contribution < -0.4 is 4.74 Å². The zero-order valence-corrected chi connectivity index (χ0v) is 22.8. The largest absolute Gasteiger partial charge is 0.497 e. The van der Waals surface area contributed by atoms with E-state index in [2.05, 4.69) is 39.6 Å². The number of aliphatic hydroxyl groups is 1. The van der Waals surface area contributed by atoms with Gasteiger partial charge in [0.05, 0.1) is 25.3 Å². The number of benzene rings is 1. The van der Waals surface area contributed by atoms with Gasteiger partial charge < -0.3 is 28.8 Å². The second-order valence-corrected chi connectivity index (χ2v) is 12.0. The average Bonchev–Trinajstić information content (AvgIpc) is 3.24. The summed E-state index contributed by atoms with van der Waals surface area (Å²) in [5.41, 5.74) is 4.16. The molecule has 0 amide bonds. The van der Waals surface area contributed by atoms with Crippen molar-refractivity contribution in [2.75, 3.05) is 72.9 Å². The maximum Gasteiger partial charge on any atom is 0.120 e. The van der Waals surface area contributed by atoms with E-state index in [1.165, 1.54) is 54.4 Å². The molecule has 2 aromatic rings. The van der Waals surface area contributed by atoms with E-state index in [1.54, 1.807) is 7.11 Å². The van der Waals surface area contributed by atoms with Crippen molar-refractivity contribution >= 4 is 10.9 Å². The molecule has 7 heteroatoms. The Balaban J connectivity index is 1.35. The molecule has 1 aromatic carbocycles. The van der Waals surface area contributed by atoms with Gasteiger partial charge in [0.1, 0.15) is 5.75 Å². The number of methoxy groups -OCH3 is 1. The molecule has 1 spiro atoms. The van der Waals surface area contributed by atoms with Crippen LogP contribution in [0.5, 0.6) is 5.75 Å². The van der Waals surface area contributed by atoms with Crippen LogP contribution in [0.4, 0.5) is 0 Å². The molecular formula is C30H45N3O4. The molecule has 3 saturated heterocycles. The zero-order chi connectivity index (χ0) is 25.4. The Morgan fingerprint density at radius 1 is 0.973 bits per heavy atom. The molecule has 37 heavy (non-hydrogen) atoms. The fourth-order valence-corrected chi connectivity index (χ4v) is 7.78. The smallest absolute Gasteiger partial charge is 0.120 e. The van der Waals surface area contributed by atoms with E-state index in [1.807, 2.05) is 0 Å². The minimum absolute atomic E-state index is 0.0344. The molecule has 0 unspecified atom stereocenters. The number of fused-ring (bicyclic) bond motifs is 4. The van der Waals surface area contributed by atoms with Crippen LogP contribution in [0.25, 0.3) is 10.9 Å². The van der Waals surface area contributed by atoms with Crippen LogP contribution in [0.2, 0.25) is 0 Å². The molecule has 1 N–H and O–H groups in total. The molecule has 5 heterocycles. The summed E-state index contributed by atoms with van der Waals surface area (Å²) in [6.45, 7) is 9.35. The van der Waals surface area contributed by atoms with E-state index in [4.69, 9.17) is 14.2 Å². The number of aliphatic hydroxyl groups excluding tert-OH is 1. The van der Waals surface area contributed by atoms with Crippen LogP contribution in [-0.4, -0.2) is 92.3 Å². The van der Waals surface area contributed by atoms with Gasteiger partial charge in [0.15, 0.2) is 0 Å². The van der Waals surface area contributed by atoms with Crippen molar-refractivity contribution in [2.24, 2.45) is 18.9 Å². The molecule has 1 atom stereocenters. The number of ether oxygens (including phenoxy) is 3. The average molecular weight is 512 g/mol. The number of nitrogens with zero attached hydrogens (tertiary/aromatic N) is 3. The van der Waals surface area contributed by atoms with Crippen LogP contribution in [0, 0.1) is 11.8 Å². The van der Waals surface area contributed by atoms with Crippen molar-refractivity contribution in [3.05, 3.63) is 29.5 Å². The number of piperidine rings is 1. The first-order valence-corrected chi connectivity index (χ1v) is 14.5. The lowest BCUT2D eigenvalue weighted by molar-refractivity contribution is 0.00534. The Hall–Kier alpha value is -1.64. The Morgan fingerprint density at radius 2 is 1.62 bits per heavy atom. The van der Waals surface area contributed by atoms with E-state index < -0.39 is 0 Å². The second-order valence-electron chi connectivity index (χ2n) is 12.0. The standard InChI is InChI=1S/C30H45N3O4/c1-31-26-17-24(35-2)3-4-25(26)28-29(31)27(20-34)33(19-23-7-15-37-16-8-23)21-30(28)9-11-32(12-10-30)18-22-5-13-36-14-6-22/h3-4,17,22-23,27,34H,5-16,18-21H2,1-2H3/t27-/m0/s1. The summed E-state index contributed by atoms with van der Waals surface area (Å²) in [5.74, 6) is 2.31. The normalized spacial score (nSPS) is 26.1. The highest BCUT2D eigenvalue weighted by atomic mass is 16.5. The van der Waals surface area contributed by atoms with Crippen molar-refractivity contribution in [3.8, 4) is 5.75 Å². The minimum Gasteiger partial charge on any atom is -0.497 e. The summed E-state index contributed by atoms with van der Waals surface area (Å²) in [6, 6.07) is 6.59. The molecule has 0 aliphatic carbocycles. The minimum atomic E-state index is 0.0344. The Labute approximate surface area is 221 Å². The van der Waals surface area contributed by atoms with Crippen molar-refractivity contribution < 1.29 is 19.3 Å². The lowest BCUT2D eigenvalue weighted by Crippen LogP contribution is -2.55. The zero-order valence-electron chi connectivity index (χ0n) is 22.8. The molecule has 1 aromatic heterocycles. The highest BCUT2D eigenvalue weighted by Gasteiger charge is 2.48. The number of rotatable bonds is 6. The van der Waals surface area contributed by atoms with Crippen molar-refractivity contribution in [2.45, 2.75) is 50.0 Å². The van der Waals surface area contributed by atoms with Crippen LogP contribution in [0.1, 0.15) is 55.8 Å². The van der Waals surface area contributed by atoms with Gasteiger partial charge in [-0.15, -0.1) is 0 Å². The number of aryl methyl sites for hydroxylation is 1. The predicted molar refractivity (Wildman–Crippen MR) is 145 cm³/mol. The molecule has 204 valence electrons. The van der Waals surface area contributed by atoms with Gasteiger partial charge in [-0.3, -0.25) is 4.90 Å². The SMILES string of the molecule is COc1ccc2c3c(n(C)c2c1)[C@H](CO)N(CC1CCOCC1)CC31CCN(CC2CCOCC2)CC1. The Kier molecular flexibility index (Phi) is 7.52. The van der Waals surface area contributed by atoms with Crippen molar-refractivity contribution in [1.29, 1.82) is 0 Å². The third-order valence-corrected chi connectivity index (χ3v) is 9.92. The van der Waals surface area contributed by atoms with Gasteiger partial charge in [-0.1, -0.05) is 0 Å². The predicted octanol–water partition coefficient (Wildman–Crippen LogP) is 3.72. The first-order valence-electron chi connectivity index (χ1n) is 14.5. The van der Waals surface area contributed by atoms with Gasteiger partial charge in [0.25, 0.3) is 0 Å². The molecular weight excluding hydrogens is 466 g/mol. The quantitative estimate of drug-likeness (QED) is 0.638. The third kappa shape index (κ3) is 4.82. The first kappa shape index (κ1) is 25.6. The van der Waals surface area contributed by atoms with Gasteiger partial charge in [0.2, 0.25) is 0 Å². The Bertz CT molecular complexity index is 1060. The summed E-state index contributed by atoms with van der Waals surface area (Å²) in [6.07, 6.45) is 7.01. The summed E-state index contributed by atoms with van der Waals surface area (Å²) in [5, 5.41) is 12.1. The molecule has 3 fully saturated rings. The van der Waals surface area contributed by atoms with Gasteiger partial charge in [-0.2, -0.15) is 0 Å². The lowest BCUT2D eigenvalue weighted by Gasteiger charge is -2.51. The fraction of sp³-hybridized carbons (Fsp3) is 0.733. The summed E-state index contributed by atoms with van der Waals surface area (Å²) in [4.78, 5) is 5.36. The molecule has 4 aliphatic rings. The van der Waals surface area contributed by atoms with Crippen LogP contribution in [0.3, 0.4) is 0 Å². The molecule has 0 saturated carbocycles. The Morgan fingerprint density at radius 3 is 2.24 bits per heavy atom. The van der Waals surface area contributed by atoms with Crippen LogP contribution in [0.15, 0.2) is 18.2 Å². The van der Waals surface area contributed by atoms with Crippen molar-refractivity contribution in [3.63, 3.8) is 0 Å². The van der Waals surface area contributed by atoms with Gasteiger partial charge in [0, 0.05) is 75.7 Å². The summed E-state index contributed by atoms with van der Waals surface area (Å²) < 4.78 is 19.2. The third-order valence-electron chi connectivity index (χ3n) is 9.92. The summed E-state index contributed by atoms with van der Waals surface area (Å²) >= 11 is 0. The topological polar surface area (TPSA) is 59.3 Å². The van der Waals surface area contributed by atoms with Crippen LogP contribution >= 0.6 is 0 Å². The first-order chi connectivity index (χ1) is 18.1. The number of hydrogen-bond acceptors (Lipinski definition) is 6. The van der Waals surface area contributed by atoms with Gasteiger partial charge in [-0.25, -0.2) is 0 Å². The number of likely N-dealkylation sites (tertiary alicyclic amines) is 1. The van der Waals surface area contributed by atoms with E-state index in [-0.39, 0.29) is 18.1 Å². The van der Waals surface area contributed by atoms with Gasteiger partial charge in [-0.05, 0) is 81.1 Å². The maximum atomic E-state index is 10.8. The van der Waals surface area contributed by atoms with Crippen LogP contribution in [-0.2, 0) is 21.9 Å². The number of aromatic nitrogens is 1.